The minimum atomic E-state index is -0.649. The molecule has 8 nitrogen and oxygen atoms in total. The van der Waals surface area contributed by atoms with Crippen molar-refractivity contribution in [2.45, 2.75) is 24.1 Å². The second-order valence-corrected chi connectivity index (χ2v) is 10.3. The fourth-order valence-corrected chi connectivity index (χ4v) is 5.51. The van der Waals surface area contributed by atoms with Crippen molar-refractivity contribution >= 4 is 51.7 Å². The Kier molecular flexibility index (Phi) is 7.67. The molecule has 1 N–H and O–H groups in total. The number of amides is 2. The number of anilines is 1. The fraction of sp³-hybridized carbons (Fsp3) is 0.214. The van der Waals surface area contributed by atoms with E-state index in [1.807, 2.05) is 48.5 Å². The van der Waals surface area contributed by atoms with Crippen molar-refractivity contribution in [2.75, 3.05) is 19.5 Å². The van der Waals surface area contributed by atoms with E-state index in [0.717, 1.165) is 28.3 Å². The Morgan fingerprint density at radius 2 is 1.68 bits per heavy atom. The van der Waals surface area contributed by atoms with Gasteiger partial charge < -0.3 is 14.8 Å². The summed E-state index contributed by atoms with van der Waals surface area (Å²) < 4.78 is 10.6. The van der Waals surface area contributed by atoms with E-state index in [4.69, 9.17) is 26.2 Å². The van der Waals surface area contributed by atoms with Crippen molar-refractivity contribution in [2.24, 2.45) is 10.1 Å². The monoisotopic (exact) mass is 548 g/mol. The molecule has 194 valence electrons. The average molecular weight is 549 g/mol. The number of methoxy groups -OCH3 is 2. The lowest BCUT2D eigenvalue weighted by Crippen LogP contribution is -2.25. The number of amidine groups is 1. The third kappa shape index (κ3) is 5.54. The Bertz CT molecular complexity index is 1410. The van der Waals surface area contributed by atoms with Gasteiger partial charge in [0.05, 0.1) is 36.7 Å². The summed E-state index contributed by atoms with van der Waals surface area (Å²) in [5.41, 5.74) is 3.33. The van der Waals surface area contributed by atoms with Crippen molar-refractivity contribution in [1.29, 1.82) is 0 Å². The number of carbonyl (C=O) groups excluding carboxylic acids is 2. The number of para-hydroxylation sites is 1. The SMILES string of the molecule is COc1ccc(C2=NN(C3=NC(=O)[C@@H](CC(=O)Nc4ccccc4Cl)S3)[C@H](c3ccc(OC)cc3)C2)cc1. The highest BCUT2D eigenvalue weighted by Crippen LogP contribution is 2.39. The minimum absolute atomic E-state index is 0.0299. The molecule has 3 aromatic carbocycles. The Morgan fingerprint density at radius 3 is 2.34 bits per heavy atom. The summed E-state index contributed by atoms with van der Waals surface area (Å²) in [4.78, 5) is 29.8. The summed E-state index contributed by atoms with van der Waals surface area (Å²) in [5, 5.41) is 9.69. The van der Waals surface area contributed by atoms with E-state index in [9.17, 15) is 9.59 Å². The van der Waals surface area contributed by atoms with Gasteiger partial charge in [-0.25, -0.2) is 5.01 Å². The van der Waals surface area contributed by atoms with E-state index < -0.39 is 5.25 Å². The number of rotatable bonds is 7. The first-order valence-electron chi connectivity index (χ1n) is 11.9. The van der Waals surface area contributed by atoms with Gasteiger partial charge >= 0.3 is 0 Å². The Labute approximate surface area is 229 Å². The summed E-state index contributed by atoms with van der Waals surface area (Å²) in [6.07, 6.45) is 0.585. The zero-order chi connectivity index (χ0) is 26.6. The van der Waals surface area contributed by atoms with Gasteiger partial charge in [0.25, 0.3) is 5.91 Å². The standard InChI is InChI=1S/C28H25ClN4O4S/c1-36-19-11-7-17(8-12-19)23-15-24(18-9-13-20(37-2)14-10-18)33(32-23)28-31-27(35)25(38-28)16-26(34)30-22-6-4-3-5-21(22)29/h3-14,24-25H,15-16H2,1-2H3,(H,30,34)/t24-,25+/m0/s1. The van der Waals surface area contributed by atoms with Crippen LogP contribution in [0, 0.1) is 0 Å². The zero-order valence-corrected chi connectivity index (χ0v) is 22.3. The number of thioether (sulfide) groups is 1. The number of halogens is 1. The van der Waals surface area contributed by atoms with Gasteiger partial charge in [0, 0.05) is 12.8 Å². The molecule has 2 atom stereocenters. The van der Waals surface area contributed by atoms with Crippen molar-refractivity contribution < 1.29 is 19.1 Å². The van der Waals surface area contributed by atoms with Crippen LogP contribution < -0.4 is 14.8 Å². The van der Waals surface area contributed by atoms with E-state index in [1.54, 1.807) is 43.5 Å². The first-order valence-corrected chi connectivity index (χ1v) is 13.2. The van der Waals surface area contributed by atoms with Crippen molar-refractivity contribution in [3.63, 3.8) is 0 Å². The number of nitrogens with zero attached hydrogens (tertiary/aromatic N) is 3. The van der Waals surface area contributed by atoms with Crippen molar-refractivity contribution in [3.05, 3.63) is 88.9 Å². The summed E-state index contributed by atoms with van der Waals surface area (Å²) in [5.74, 6) is 0.842. The topological polar surface area (TPSA) is 92.6 Å². The molecule has 2 aliphatic heterocycles. The van der Waals surface area contributed by atoms with Gasteiger partial charge in [-0.3, -0.25) is 9.59 Å². The normalized spacial score (nSPS) is 18.7. The maximum atomic E-state index is 12.8. The molecule has 0 spiro atoms. The van der Waals surface area contributed by atoms with Gasteiger partial charge in [-0.1, -0.05) is 47.6 Å². The van der Waals surface area contributed by atoms with Crippen LogP contribution in [-0.2, 0) is 9.59 Å². The molecule has 3 aromatic rings. The molecule has 0 saturated carbocycles. The van der Waals surface area contributed by atoms with Gasteiger partial charge in [-0.2, -0.15) is 10.1 Å². The number of nitrogens with one attached hydrogen (secondary N) is 1. The zero-order valence-electron chi connectivity index (χ0n) is 20.8. The molecule has 0 bridgehead atoms. The number of carbonyl (C=O) groups is 2. The van der Waals surface area contributed by atoms with E-state index >= 15 is 0 Å². The van der Waals surface area contributed by atoms with E-state index in [0.29, 0.717) is 22.3 Å². The molecule has 38 heavy (non-hydrogen) atoms. The van der Waals surface area contributed by atoms with Crippen LogP contribution in [0.25, 0.3) is 0 Å². The molecule has 2 aliphatic rings. The molecule has 0 aromatic heterocycles. The van der Waals surface area contributed by atoms with Gasteiger partial charge in [0.15, 0.2) is 5.17 Å². The van der Waals surface area contributed by atoms with Crippen LogP contribution in [0.1, 0.15) is 30.0 Å². The van der Waals surface area contributed by atoms with Crippen LogP contribution in [0.2, 0.25) is 5.02 Å². The summed E-state index contributed by atoms with van der Waals surface area (Å²) in [7, 11) is 3.25. The Balaban J connectivity index is 1.36. The van der Waals surface area contributed by atoms with E-state index in [-0.39, 0.29) is 24.3 Å². The fourth-order valence-electron chi connectivity index (χ4n) is 4.27. The second-order valence-electron chi connectivity index (χ2n) is 8.68. The van der Waals surface area contributed by atoms with Crippen LogP contribution >= 0.6 is 23.4 Å². The number of ether oxygens (including phenoxy) is 2. The summed E-state index contributed by atoms with van der Waals surface area (Å²) in [6.45, 7) is 0. The van der Waals surface area contributed by atoms with Gasteiger partial charge in [0.1, 0.15) is 16.7 Å². The molecule has 0 fully saturated rings. The quantitative estimate of drug-likeness (QED) is 0.417. The molecule has 2 heterocycles. The highest BCUT2D eigenvalue weighted by Gasteiger charge is 2.39. The Morgan fingerprint density at radius 1 is 1.03 bits per heavy atom. The van der Waals surface area contributed by atoms with E-state index in [2.05, 4.69) is 10.3 Å². The molecular weight excluding hydrogens is 524 g/mol. The van der Waals surface area contributed by atoms with Gasteiger partial charge in [-0.05, 0) is 59.7 Å². The molecule has 0 radical (unpaired) electrons. The molecule has 10 heteroatoms. The lowest BCUT2D eigenvalue weighted by molar-refractivity contribution is -0.121. The summed E-state index contributed by atoms with van der Waals surface area (Å²) in [6, 6.07) is 22.3. The van der Waals surface area contributed by atoms with Crippen LogP contribution in [0.3, 0.4) is 0 Å². The first-order chi connectivity index (χ1) is 18.4. The van der Waals surface area contributed by atoms with Crippen LogP contribution in [0.4, 0.5) is 5.69 Å². The number of aliphatic imine (C=N–C) groups is 1. The molecule has 0 saturated heterocycles. The minimum Gasteiger partial charge on any atom is -0.497 e. The third-order valence-electron chi connectivity index (χ3n) is 6.28. The number of benzene rings is 3. The number of hydrogen-bond acceptors (Lipinski definition) is 7. The molecule has 0 aliphatic carbocycles. The predicted molar refractivity (Wildman–Crippen MR) is 150 cm³/mol. The van der Waals surface area contributed by atoms with Crippen LogP contribution in [0.15, 0.2) is 82.9 Å². The number of hydrazone groups is 1. The van der Waals surface area contributed by atoms with Crippen molar-refractivity contribution in [1.82, 2.24) is 5.01 Å². The summed E-state index contributed by atoms with van der Waals surface area (Å²) >= 11 is 7.40. The molecule has 2 amide bonds. The first kappa shape index (κ1) is 25.8. The van der Waals surface area contributed by atoms with Gasteiger partial charge in [0.2, 0.25) is 5.91 Å². The van der Waals surface area contributed by atoms with Crippen LogP contribution in [0.5, 0.6) is 11.5 Å². The predicted octanol–water partition coefficient (Wildman–Crippen LogP) is 5.54. The molecule has 5 rings (SSSR count). The average Bonchev–Trinajstić information content (AvgIpc) is 3.54. The largest absolute Gasteiger partial charge is 0.497 e. The lowest BCUT2D eigenvalue weighted by atomic mass is 9.98. The molecular formula is C28H25ClN4O4S. The Hall–Kier alpha value is -3.82. The molecule has 0 unspecified atom stereocenters. The maximum Gasteiger partial charge on any atom is 0.262 e. The smallest absolute Gasteiger partial charge is 0.262 e. The number of hydrogen-bond donors (Lipinski definition) is 1. The third-order valence-corrected chi connectivity index (χ3v) is 7.75. The second kappa shape index (κ2) is 11.3. The lowest BCUT2D eigenvalue weighted by Gasteiger charge is -2.23. The maximum absolute atomic E-state index is 12.8. The highest BCUT2D eigenvalue weighted by atomic mass is 35.5. The van der Waals surface area contributed by atoms with Gasteiger partial charge in [-0.15, -0.1) is 0 Å². The van der Waals surface area contributed by atoms with Crippen LogP contribution in [-0.4, -0.2) is 47.2 Å². The van der Waals surface area contributed by atoms with E-state index in [1.165, 1.54) is 11.8 Å². The highest BCUT2D eigenvalue weighted by molar-refractivity contribution is 8.15. The van der Waals surface area contributed by atoms with Crippen molar-refractivity contribution in [3.8, 4) is 11.5 Å².